The Kier molecular flexibility index (Phi) is 6.59. The van der Waals surface area contributed by atoms with Crippen molar-refractivity contribution in [3.63, 3.8) is 0 Å². The number of ether oxygens (including phenoxy) is 2. The fourth-order valence-corrected chi connectivity index (χ4v) is 3.20. The second-order valence-corrected chi connectivity index (χ2v) is 13.1. The van der Waals surface area contributed by atoms with Gasteiger partial charge in [0.2, 0.25) is 0 Å². The van der Waals surface area contributed by atoms with E-state index in [-0.39, 0.29) is 5.97 Å². The summed E-state index contributed by atoms with van der Waals surface area (Å²) in [5.41, 5.74) is 2.89. The first-order valence-corrected chi connectivity index (χ1v) is 12.4. The zero-order chi connectivity index (χ0) is 19.2. The van der Waals surface area contributed by atoms with Crippen molar-refractivity contribution in [2.45, 2.75) is 32.1 Å². The van der Waals surface area contributed by atoms with Gasteiger partial charge in [0.15, 0.2) is 0 Å². The Labute approximate surface area is 156 Å². The summed E-state index contributed by atoms with van der Waals surface area (Å²) in [5, 5.41) is 9.27. The van der Waals surface area contributed by atoms with E-state index in [0.717, 1.165) is 22.9 Å². The minimum absolute atomic E-state index is 0.365. The molecule has 0 unspecified atom stereocenters. The zero-order valence-electron chi connectivity index (χ0n) is 15.8. The van der Waals surface area contributed by atoms with Gasteiger partial charge >= 0.3 is 5.97 Å². The summed E-state index contributed by atoms with van der Waals surface area (Å²) in [7, 11) is 0.378. The summed E-state index contributed by atoms with van der Waals surface area (Å²) in [5.74, 6) is 0.433. The lowest BCUT2D eigenvalue weighted by molar-refractivity contribution is 0.0525. The summed E-state index contributed by atoms with van der Waals surface area (Å²) in [6.07, 6.45) is 0.634. The molecule has 0 aromatic heterocycles. The van der Waals surface area contributed by atoms with E-state index in [1.807, 2.05) is 36.4 Å². The third kappa shape index (κ3) is 6.05. The van der Waals surface area contributed by atoms with Crippen LogP contribution in [0.2, 0.25) is 25.7 Å². The van der Waals surface area contributed by atoms with Crippen LogP contribution in [-0.2, 0) is 11.2 Å². The van der Waals surface area contributed by atoms with Gasteiger partial charge in [-0.3, -0.25) is 0 Å². The molecule has 2 aromatic rings. The van der Waals surface area contributed by atoms with Gasteiger partial charge in [-0.25, -0.2) is 4.79 Å². The number of carbonyl (C=O) groups is 1. The molecule has 2 aromatic carbocycles. The van der Waals surface area contributed by atoms with E-state index < -0.39 is 8.07 Å². The molecule has 0 saturated heterocycles. The number of benzene rings is 2. The Morgan fingerprint density at radius 3 is 2.35 bits per heavy atom. The van der Waals surface area contributed by atoms with Gasteiger partial charge in [0.25, 0.3) is 0 Å². The highest BCUT2D eigenvalue weighted by molar-refractivity contribution is 6.76. The molecule has 5 heteroatoms. The molecular weight excluding hydrogens is 342 g/mol. The minimum Gasteiger partial charge on any atom is -0.497 e. The van der Waals surface area contributed by atoms with Crippen molar-refractivity contribution in [2.75, 3.05) is 13.7 Å². The minimum atomic E-state index is -1.25. The molecule has 0 atom stereocenters. The molecule has 0 radical (unpaired) electrons. The first-order chi connectivity index (χ1) is 12.3. The molecule has 0 amide bonds. The average molecular weight is 368 g/mol. The van der Waals surface area contributed by atoms with Crippen LogP contribution in [-0.4, -0.2) is 27.8 Å². The molecule has 26 heavy (non-hydrogen) atoms. The van der Waals surface area contributed by atoms with Crippen molar-refractivity contribution >= 4 is 14.0 Å². The monoisotopic (exact) mass is 367 g/mol. The van der Waals surface area contributed by atoms with E-state index in [1.54, 1.807) is 13.2 Å². The summed E-state index contributed by atoms with van der Waals surface area (Å²) in [6.45, 7) is 7.15. The Balaban J connectivity index is 2.14. The van der Waals surface area contributed by atoms with Crippen LogP contribution in [0.1, 0.15) is 27.0 Å². The van der Waals surface area contributed by atoms with Gasteiger partial charge in [-0.15, -0.1) is 0 Å². The molecule has 0 N–H and O–H groups in total. The molecule has 0 fully saturated rings. The van der Waals surface area contributed by atoms with Gasteiger partial charge in [-0.05, 0) is 53.9 Å². The number of esters is 1. The van der Waals surface area contributed by atoms with Crippen molar-refractivity contribution < 1.29 is 14.3 Å². The molecule has 0 aliphatic carbocycles. The van der Waals surface area contributed by atoms with Crippen LogP contribution in [0.15, 0.2) is 42.5 Å². The Hall–Kier alpha value is -2.58. The molecule has 2 rings (SSSR count). The molecule has 0 saturated carbocycles. The lowest BCUT2D eigenvalue weighted by atomic mass is 10.00. The lowest BCUT2D eigenvalue weighted by Gasteiger charge is -2.15. The van der Waals surface area contributed by atoms with Crippen molar-refractivity contribution in [2.24, 2.45) is 0 Å². The third-order valence-electron chi connectivity index (χ3n) is 4.01. The van der Waals surface area contributed by atoms with Gasteiger partial charge < -0.3 is 9.47 Å². The largest absolute Gasteiger partial charge is 0.497 e. The van der Waals surface area contributed by atoms with Crippen molar-refractivity contribution in [3.05, 3.63) is 64.7 Å². The number of hydrogen-bond donors (Lipinski definition) is 0. The van der Waals surface area contributed by atoms with Gasteiger partial charge in [-0.2, -0.15) is 5.26 Å². The molecule has 136 valence electrons. The van der Waals surface area contributed by atoms with Gasteiger partial charge in [-0.1, -0.05) is 31.8 Å². The van der Waals surface area contributed by atoms with Crippen LogP contribution in [0.3, 0.4) is 0 Å². The van der Waals surface area contributed by atoms with Crippen molar-refractivity contribution in [3.8, 4) is 11.8 Å². The molecule has 0 aliphatic heterocycles. The predicted octanol–water partition coefficient (Wildman–Crippen LogP) is 4.65. The summed E-state index contributed by atoms with van der Waals surface area (Å²) in [6, 6.07) is 16.0. The molecular formula is C21H25NO3Si. The average Bonchev–Trinajstić information content (AvgIpc) is 2.61. The van der Waals surface area contributed by atoms with Crippen LogP contribution in [0.4, 0.5) is 0 Å². The fraction of sp³-hybridized carbons (Fsp3) is 0.333. The van der Waals surface area contributed by atoms with E-state index in [2.05, 4.69) is 25.7 Å². The second-order valence-electron chi connectivity index (χ2n) is 7.50. The molecule has 0 heterocycles. The quantitative estimate of drug-likeness (QED) is 0.528. The highest BCUT2D eigenvalue weighted by atomic mass is 28.3. The SMILES string of the molecule is COc1ccc(Cc2cc(C#N)cc(C(=O)OCC[Si](C)(C)C)c2)cc1. The number of nitriles is 1. The predicted molar refractivity (Wildman–Crippen MR) is 105 cm³/mol. The van der Waals surface area contributed by atoms with Crippen LogP contribution in [0, 0.1) is 11.3 Å². The fourth-order valence-electron chi connectivity index (χ4n) is 2.49. The molecule has 0 bridgehead atoms. The molecule has 4 nitrogen and oxygen atoms in total. The van der Waals surface area contributed by atoms with Crippen molar-refractivity contribution in [1.82, 2.24) is 0 Å². The second kappa shape index (κ2) is 8.68. The Bertz CT molecular complexity index is 801. The summed E-state index contributed by atoms with van der Waals surface area (Å²) >= 11 is 0. The summed E-state index contributed by atoms with van der Waals surface area (Å²) < 4.78 is 10.6. The van der Waals surface area contributed by atoms with E-state index in [0.29, 0.717) is 24.2 Å². The number of nitrogens with zero attached hydrogens (tertiary/aromatic N) is 1. The van der Waals surface area contributed by atoms with Crippen LogP contribution < -0.4 is 4.74 Å². The number of hydrogen-bond acceptors (Lipinski definition) is 4. The Morgan fingerprint density at radius 1 is 1.08 bits per heavy atom. The number of carbonyl (C=O) groups excluding carboxylic acids is 1. The zero-order valence-corrected chi connectivity index (χ0v) is 16.8. The molecule has 0 spiro atoms. The van der Waals surface area contributed by atoms with Gasteiger partial charge in [0, 0.05) is 8.07 Å². The first kappa shape index (κ1) is 19.7. The number of methoxy groups -OCH3 is 1. The van der Waals surface area contributed by atoms with Crippen molar-refractivity contribution in [1.29, 1.82) is 5.26 Å². The van der Waals surface area contributed by atoms with E-state index in [1.165, 1.54) is 0 Å². The highest BCUT2D eigenvalue weighted by Gasteiger charge is 2.15. The van der Waals surface area contributed by atoms with E-state index >= 15 is 0 Å². The summed E-state index contributed by atoms with van der Waals surface area (Å²) in [4.78, 5) is 12.4. The van der Waals surface area contributed by atoms with Crippen LogP contribution in [0.5, 0.6) is 5.75 Å². The third-order valence-corrected chi connectivity index (χ3v) is 5.71. The standard InChI is InChI=1S/C21H25NO3Si/c1-24-20-7-5-16(6-8-20)11-17-12-18(15-22)14-19(13-17)21(23)25-9-10-26(2,3)4/h5-8,12-14H,9-11H2,1-4H3. The topological polar surface area (TPSA) is 59.3 Å². The normalized spacial score (nSPS) is 10.9. The maximum absolute atomic E-state index is 12.4. The van der Waals surface area contributed by atoms with Crippen LogP contribution >= 0.6 is 0 Å². The van der Waals surface area contributed by atoms with Gasteiger partial charge in [0.1, 0.15) is 5.75 Å². The van der Waals surface area contributed by atoms with E-state index in [9.17, 15) is 10.1 Å². The van der Waals surface area contributed by atoms with Gasteiger partial charge in [0.05, 0.1) is 30.9 Å². The molecule has 0 aliphatic rings. The Morgan fingerprint density at radius 2 is 1.77 bits per heavy atom. The smallest absolute Gasteiger partial charge is 0.338 e. The first-order valence-electron chi connectivity index (χ1n) is 8.65. The maximum atomic E-state index is 12.4. The van der Waals surface area contributed by atoms with E-state index in [4.69, 9.17) is 9.47 Å². The maximum Gasteiger partial charge on any atom is 0.338 e. The number of rotatable bonds is 7. The van der Waals surface area contributed by atoms with Crippen LogP contribution in [0.25, 0.3) is 0 Å². The lowest BCUT2D eigenvalue weighted by Crippen LogP contribution is -2.22. The highest BCUT2D eigenvalue weighted by Crippen LogP contribution is 2.18.